The molecule has 19 heavy (non-hydrogen) atoms. The number of benzene rings is 1. The van der Waals surface area contributed by atoms with Gasteiger partial charge in [0.25, 0.3) is 0 Å². The van der Waals surface area contributed by atoms with Crippen molar-refractivity contribution in [3.05, 3.63) is 44.7 Å². The third-order valence-electron chi connectivity index (χ3n) is 3.10. The smallest absolute Gasteiger partial charge is 0.0554 e. The van der Waals surface area contributed by atoms with Crippen LogP contribution in [0.15, 0.2) is 34.8 Å². The van der Waals surface area contributed by atoms with Crippen molar-refractivity contribution in [2.75, 3.05) is 7.05 Å². The highest BCUT2D eigenvalue weighted by atomic mass is 79.9. The van der Waals surface area contributed by atoms with E-state index >= 15 is 0 Å². The van der Waals surface area contributed by atoms with E-state index in [-0.39, 0.29) is 0 Å². The van der Waals surface area contributed by atoms with Gasteiger partial charge in [-0.25, -0.2) is 0 Å². The first-order valence-electron chi connectivity index (χ1n) is 6.38. The van der Waals surface area contributed by atoms with Gasteiger partial charge in [0.2, 0.25) is 0 Å². The Kier molecular flexibility index (Phi) is 5.46. The second-order valence-corrected chi connectivity index (χ2v) is 6.84. The molecule has 0 spiro atoms. The second-order valence-electron chi connectivity index (χ2n) is 4.46. The van der Waals surface area contributed by atoms with Gasteiger partial charge in [0.1, 0.15) is 0 Å². The molecular formula is C15H17BrClNS. The first-order valence-corrected chi connectivity index (χ1v) is 8.37. The van der Waals surface area contributed by atoms with Gasteiger partial charge in [-0.1, -0.05) is 31.0 Å². The summed E-state index contributed by atoms with van der Waals surface area (Å²) in [6.07, 6.45) is 2.35. The SMILES string of the molecule is CCCC(NC)c1ccc(-c2ccc(Br)c(Cl)c2)s1. The Labute approximate surface area is 132 Å². The molecule has 0 amide bonds. The molecular weight excluding hydrogens is 342 g/mol. The van der Waals surface area contributed by atoms with Crippen LogP contribution >= 0.6 is 38.9 Å². The molecule has 4 heteroatoms. The minimum absolute atomic E-state index is 0.453. The number of halogens is 2. The minimum atomic E-state index is 0.453. The van der Waals surface area contributed by atoms with E-state index in [4.69, 9.17) is 11.6 Å². The van der Waals surface area contributed by atoms with Gasteiger partial charge in [-0.05, 0) is 59.2 Å². The van der Waals surface area contributed by atoms with Gasteiger partial charge < -0.3 is 5.32 Å². The van der Waals surface area contributed by atoms with Crippen LogP contribution in [0.1, 0.15) is 30.7 Å². The zero-order valence-corrected chi connectivity index (χ0v) is 14.2. The van der Waals surface area contributed by atoms with Crippen molar-refractivity contribution in [1.29, 1.82) is 0 Å². The van der Waals surface area contributed by atoms with Crippen molar-refractivity contribution in [1.82, 2.24) is 5.32 Å². The predicted octanol–water partition coefficient (Wildman–Crippen LogP) is 5.89. The van der Waals surface area contributed by atoms with Gasteiger partial charge in [-0.2, -0.15) is 0 Å². The lowest BCUT2D eigenvalue weighted by Crippen LogP contribution is -2.14. The van der Waals surface area contributed by atoms with Gasteiger partial charge >= 0.3 is 0 Å². The maximum atomic E-state index is 6.16. The molecule has 1 heterocycles. The van der Waals surface area contributed by atoms with Gasteiger partial charge in [-0.15, -0.1) is 11.3 Å². The zero-order valence-electron chi connectivity index (χ0n) is 11.0. The maximum Gasteiger partial charge on any atom is 0.0554 e. The van der Waals surface area contributed by atoms with Crippen LogP contribution in [0.5, 0.6) is 0 Å². The van der Waals surface area contributed by atoms with Gasteiger partial charge in [0, 0.05) is 20.3 Å². The molecule has 0 bridgehead atoms. The van der Waals surface area contributed by atoms with Gasteiger partial charge in [0.05, 0.1) is 5.02 Å². The normalized spacial score (nSPS) is 12.6. The summed E-state index contributed by atoms with van der Waals surface area (Å²) in [5.41, 5.74) is 1.18. The highest BCUT2D eigenvalue weighted by Crippen LogP contribution is 2.35. The Bertz CT molecular complexity index is 553. The highest BCUT2D eigenvalue weighted by molar-refractivity contribution is 9.10. The monoisotopic (exact) mass is 357 g/mol. The van der Waals surface area contributed by atoms with Crippen LogP contribution in [0.4, 0.5) is 0 Å². The Morgan fingerprint density at radius 3 is 2.74 bits per heavy atom. The summed E-state index contributed by atoms with van der Waals surface area (Å²) in [4.78, 5) is 2.65. The van der Waals surface area contributed by atoms with Crippen molar-refractivity contribution >= 4 is 38.9 Å². The molecule has 0 aliphatic rings. The zero-order chi connectivity index (χ0) is 13.8. The fraction of sp³-hybridized carbons (Fsp3) is 0.333. The number of nitrogens with one attached hydrogen (secondary N) is 1. The molecule has 0 fully saturated rings. The quantitative estimate of drug-likeness (QED) is 0.702. The molecule has 1 N–H and O–H groups in total. The van der Waals surface area contributed by atoms with E-state index in [0.29, 0.717) is 6.04 Å². The molecule has 1 nitrogen and oxygen atoms in total. The Balaban J connectivity index is 2.27. The second kappa shape index (κ2) is 6.89. The van der Waals surface area contributed by atoms with Crippen molar-refractivity contribution < 1.29 is 0 Å². The van der Waals surface area contributed by atoms with Crippen molar-refractivity contribution in [3.63, 3.8) is 0 Å². The van der Waals surface area contributed by atoms with Crippen molar-refractivity contribution in [2.24, 2.45) is 0 Å². The summed E-state index contributed by atoms with van der Waals surface area (Å²) in [6, 6.07) is 11.0. The van der Waals surface area contributed by atoms with Crippen LogP contribution < -0.4 is 5.32 Å². The van der Waals surface area contributed by atoms with E-state index in [9.17, 15) is 0 Å². The lowest BCUT2D eigenvalue weighted by molar-refractivity contribution is 0.550. The first kappa shape index (κ1) is 15.0. The molecule has 2 rings (SSSR count). The molecule has 1 aromatic heterocycles. The molecule has 0 saturated carbocycles. The summed E-state index contributed by atoms with van der Waals surface area (Å²) in [6.45, 7) is 2.22. The van der Waals surface area contributed by atoms with Crippen LogP contribution in [-0.4, -0.2) is 7.05 Å². The molecule has 1 aromatic carbocycles. The van der Waals surface area contributed by atoms with Crippen molar-refractivity contribution in [3.8, 4) is 10.4 Å². The van der Waals surface area contributed by atoms with Crippen LogP contribution in [0.2, 0.25) is 5.02 Å². The van der Waals surface area contributed by atoms with E-state index in [1.165, 1.54) is 21.7 Å². The topological polar surface area (TPSA) is 12.0 Å². The molecule has 1 atom stereocenters. The van der Waals surface area contributed by atoms with E-state index < -0.39 is 0 Å². The molecule has 2 aromatic rings. The molecule has 0 aliphatic carbocycles. The van der Waals surface area contributed by atoms with Crippen LogP contribution in [0.25, 0.3) is 10.4 Å². The lowest BCUT2D eigenvalue weighted by atomic mass is 10.1. The molecule has 0 aliphatic heterocycles. The summed E-state index contributed by atoms with van der Waals surface area (Å²) < 4.78 is 0.939. The average molecular weight is 359 g/mol. The third kappa shape index (κ3) is 3.60. The Hall–Kier alpha value is -0.350. The van der Waals surface area contributed by atoms with E-state index in [0.717, 1.165) is 15.9 Å². The molecule has 1 unspecified atom stereocenters. The van der Waals surface area contributed by atoms with Gasteiger partial charge in [0.15, 0.2) is 0 Å². The minimum Gasteiger partial charge on any atom is -0.312 e. The Morgan fingerprint density at radius 2 is 2.11 bits per heavy atom. The summed E-state index contributed by atoms with van der Waals surface area (Å²) in [5.74, 6) is 0. The van der Waals surface area contributed by atoms with Crippen molar-refractivity contribution in [2.45, 2.75) is 25.8 Å². The number of hydrogen-bond acceptors (Lipinski definition) is 2. The largest absolute Gasteiger partial charge is 0.312 e. The van der Waals surface area contributed by atoms with Gasteiger partial charge in [-0.3, -0.25) is 0 Å². The third-order valence-corrected chi connectivity index (χ3v) is 5.58. The predicted molar refractivity (Wildman–Crippen MR) is 89.2 cm³/mol. The molecule has 102 valence electrons. The highest BCUT2D eigenvalue weighted by Gasteiger charge is 2.12. The average Bonchev–Trinajstić information content (AvgIpc) is 2.88. The number of hydrogen-bond donors (Lipinski definition) is 1. The maximum absolute atomic E-state index is 6.16. The van der Waals surface area contributed by atoms with Crippen LogP contribution in [0.3, 0.4) is 0 Å². The first-order chi connectivity index (χ1) is 9.15. The summed E-state index contributed by atoms with van der Waals surface area (Å²) in [7, 11) is 2.02. The lowest BCUT2D eigenvalue weighted by Gasteiger charge is -2.12. The molecule has 0 saturated heterocycles. The van der Waals surface area contributed by atoms with E-state index in [2.05, 4.69) is 46.4 Å². The molecule has 0 radical (unpaired) electrons. The number of rotatable bonds is 5. The van der Waals surface area contributed by atoms with Crippen LogP contribution in [0, 0.1) is 0 Å². The van der Waals surface area contributed by atoms with E-state index in [1.54, 1.807) is 0 Å². The summed E-state index contributed by atoms with van der Waals surface area (Å²) >= 11 is 11.4. The number of thiophene rings is 1. The standard InChI is InChI=1S/C15H17BrClNS/c1-3-4-13(18-2)15-8-7-14(19-15)10-5-6-11(16)12(17)9-10/h5-9,13,18H,3-4H2,1-2H3. The summed E-state index contributed by atoms with van der Waals surface area (Å²) in [5, 5.41) is 4.14. The fourth-order valence-corrected chi connectivity index (χ4v) is 3.64. The Morgan fingerprint density at radius 1 is 1.32 bits per heavy atom. The fourth-order valence-electron chi connectivity index (χ4n) is 2.06. The van der Waals surface area contributed by atoms with Crippen LogP contribution in [-0.2, 0) is 0 Å². The van der Waals surface area contributed by atoms with E-state index in [1.807, 2.05) is 30.5 Å².